The second-order valence-corrected chi connectivity index (χ2v) is 11.9. The average Bonchev–Trinajstić information content (AvgIpc) is 2.89. The Morgan fingerprint density at radius 1 is 1.11 bits per heavy atom. The first-order chi connectivity index (χ1) is 18.3. The van der Waals surface area contributed by atoms with E-state index in [0.717, 1.165) is 56.3 Å². The van der Waals surface area contributed by atoms with Gasteiger partial charge in [-0.2, -0.15) is 0 Å². The first-order valence-electron chi connectivity index (χ1n) is 14.8. The van der Waals surface area contributed by atoms with Gasteiger partial charge in [0.25, 0.3) is 0 Å². The third kappa shape index (κ3) is 8.09. The van der Waals surface area contributed by atoms with Crippen molar-refractivity contribution in [2.75, 3.05) is 34.0 Å². The zero-order valence-electron chi connectivity index (χ0n) is 24.2. The topological polar surface area (TPSA) is 103 Å². The highest BCUT2D eigenvalue weighted by atomic mass is 16.5. The van der Waals surface area contributed by atoms with E-state index >= 15 is 0 Å². The summed E-state index contributed by atoms with van der Waals surface area (Å²) in [6, 6.07) is 5.66. The molecule has 216 valence electrons. The molecule has 2 aliphatic carbocycles. The minimum Gasteiger partial charge on any atom is -0.493 e. The van der Waals surface area contributed by atoms with Gasteiger partial charge in [-0.25, -0.2) is 0 Å². The third-order valence-corrected chi connectivity index (χ3v) is 9.04. The summed E-state index contributed by atoms with van der Waals surface area (Å²) in [6.45, 7) is 5.83. The fourth-order valence-corrected chi connectivity index (χ4v) is 6.31. The van der Waals surface area contributed by atoms with Gasteiger partial charge in [0.15, 0.2) is 11.5 Å². The molecule has 4 N–H and O–H groups in total. The highest BCUT2D eigenvalue weighted by molar-refractivity contribution is 5.84. The van der Waals surface area contributed by atoms with Crippen LogP contribution in [-0.4, -0.2) is 57.1 Å². The van der Waals surface area contributed by atoms with E-state index in [9.17, 15) is 9.90 Å². The molecule has 7 heteroatoms. The molecule has 2 fully saturated rings. The zero-order valence-corrected chi connectivity index (χ0v) is 24.2. The van der Waals surface area contributed by atoms with Gasteiger partial charge in [-0.05, 0) is 74.0 Å². The number of aliphatic hydroxyl groups is 1. The fraction of sp³-hybridized carbons (Fsp3) is 0.774. The number of rotatable bonds is 16. The molecule has 1 amide bonds. The van der Waals surface area contributed by atoms with Gasteiger partial charge < -0.3 is 30.4 Å². The van der Waals surface area contributed by atoms with E-state index in [1.54, 1.807) is 14.2 Å². The second kappa shape index (κ2) is 15.1. The van der Waals surface area contributed by atoms with Crippen LogP contribution < -0.4 is 20.5 Å². The van der Waals surface area contributed by atoms with E-state index in [2.05, 4.69) is 25.2 Å². The number of aliphatic hydroxyl groups excluding tert-OH is 1. The number of benzene rings is 1. The van der Waals surface area contributed by atoms with Crippen LogP contribution in [0.3, 0.4) is 0 Å². The fourth-order valence-electron chi connectivity index (χ4n) is 6.31. The molecule has 3 atom stereocenters. The summed E-state index contributed by atoms with van der Waals surface area (Å²) in [4.78, 5) is 13.2. The minimum absolute atomic E-state index is 0.138. The summed E-state index contributed by atoms with van der Waals surface area (Å²) in [6.07, 6.45) is 10.7. The maximum absolute atomic E-state index is 13.2. The zero-order chi connectivity index (χ0) is 27.5. The molecule has 1 aromatic rings. The molecule has 7 nitrogen and oxygen atoms in total. The van der Waals surface area contributed by atoms with Gasteiger partial charge in [0.2, 0.25) is 5.91 Å². The Hall–Kier alpha value is -1.83. The van der Waals surface area contributed by atoms with Crippen molar-refractivity contribution in [3.8, 4) is 11.5 Å². The quantitative estimate of drug-likeness (QED) is 0.263. The average molecular weight is 533 g/mol. The number of carbonyl (C=O) groups excluding carboxylic acids is 1. The van der Waals surface area contributed by atoms with E-state index in [1.807, 2.05) is 12.1 Å². The number of nitrogens with two attached hydrogens (primary N) is 1. The molecule has 0 unspecified atom stereocenters. The lowest BCUT2D eigenvalue weighted by Gasteiger charge is -2.48. The first kappa shape index (κ1) is 30.7. The lowest BCUT2D eigenvalue weighted by atomic mass is 9.57. The Morgan fingerprint density at radius 3 is 2.45 bits per heavy atom. The van der Waals surface area contributed by atoms with E-state index in [-0.39, 0.29) is 23.8 Å². The van der Waals surface area contributed by atoms with Crippen LogP contribution >= 0.6 is 0 Å². The van der Waals surface area contributed by atoms with E-state index in [1.165, 1.54) is 19.3 Å². The van der Waals surface area contributed by atoms with Crippen LogP contribution in [0.2, 0.25) is 0 Å². The van der Waals surface area contributed by atoms with Crippen LogP contribution in [0.15, 0.2) is 18.2 Å². The molecule has 2 aliphatic rings. The third-order valence-electron chi connectivity index (χ3n) is 9.04. The highest BCUT2D eigenvalue weighted by Gasteiger charge is 2.49. The SMILES string of the molecule is COCCCOc1cc(C[C@@H](C[C@H](N)[C@@H](O)CNC(=O)C2(C3CCCCC3)CCC2)C(C)C)ccc1OC. The highest BCUT2D eigenvalue weighted by Crippen LogP contribution is 2.52. The van der Waals surface area contributed by atoms with Crippen LogP contribution in [0.5, 0.6) is 11.5 Å². The summed E-state index contributed by atoms with van der Waals surface area (Å²) >= 11 is 0. The number of methoxy groups -OCH3 is 2. The van der Waals surface area contributed by atoms with Gasteiger partial charge in [-0.1, -0.05) is 45.6 Å². The van der Waals surface area contributed by atoms with Crippen molar-refractivity contribution in [2.45, 2.75) is 96.6 Å². The molecule has 1 aromatic carbocycles. The first-order valence-corrected chi connectivity index (χ1v) is 14.8. The summed E-state index contributed by atoms with van der Waals surface area (Å²) in [7, 11) is 3.33. The molecule has 0 spiro atoms. The predicted octanol–water partition coefficient (Wildman–Crippen LogP) is 4.87. The number of carbonyl (C=O) groups is 1. The molecule has 0 saturated heterocycles. The Bertz CT molecular complexity index is 851. The molecule has 38 heavy (non-hydrogen) atoms. The normalized spacial score (nSPS) is 19.9. The monoisotopic (exact) mass is 532 g/mol. The van der Waals surface area contributed by atoms with Crippen LogP contribution in [0.4, 0.5) is 0 Å². The molecule has 0 aromatic heterocycles. The molecule has 0 heterocycles. The lowest BCUT2D eigenvalue weighted by Crippen LogP contribution is -2.53. The number of nitrogens with one attached hydrogen (secondary N) is 1. The van der Waals surface area contributed by atoms with Crippen molar-refractivity contribution in [1.29, 1.82) is 0 Å². The maximum Gasteiger partial charge on any atom is 0.226 e. The Labute approximate surface area is 230 Å². The predicted molar refractivity (Wildman–Crippen MR) is 151 cm³/mol. The van der Waals surface area contributed by atoms with Crippen molar-refractivity contribution in [2.24, 2.45) is 28.9 Å². The molecular weight excluding hydrogens is 480 g/mol. The number of hydrogen-bond donors (Lipinski definition) is 3. The standard InChI is InChI=1S/C31H52N2O5/c1-22(2)24(18-23-12-13-28(37-4)29(19-23)38-17-9-16-36-3)20-26(32)27(34)21-33-30(35)31(14-8-15-31)25-10-6-5-7-11-25/h12-13,19,22,24-27,34H,5-11,14-18,20-21,32H2,1-4H3,(H,33,35)/t24-,26-,27-/m0/s1. The van der Waals surface area contributed by atoms with Crippen LogP contribution in [-0.2, 0) is 16.0 Å². The smallest absolute Gasteiger partial charge is 0.226 e. The maximum atomic E-state index is 13.2. The van der Waals surface area contributed by atoms with Gasteiger partial charge in [-0.3, -0.25) is 4.79 Å². The molecule has 0 radical (unpaired) electrons. The van der Waals surface area contributed by atoms with Gasteiger partial charge in [0, 0.05) is 32.7 Å². The van der Waals surface area contributed by atoms with Gasteiger partial charge >= 0.3 is 0 Å². The number of hydrogen-bond acceptors (Lipinski definition) is 6. The van der Waals surface area contributed by atoms with Crippen LogP contribution in [0.1, 0.15) is 83.6 Å². The number of ether oxygens (including phenoxy) is 3. The van der Waals surface area contributed by atoms with Crippen LogP contribution in [0.25, 0.3) is 0 Å². The lowest BCUT2D eigenvalue weighted by molar-refractivity contribution is -0.142. The second-order valence-electron chi connectivity index (χ2n) is 11.9. The van der Waals surface area contributed by atoms with Crippen molar-refractivity contribution in [3.63, 3.8) is 0 Å². The Kier molecular flexibility index (Phi) is 12.2. The van der Waals surface area contributed by atoms with Gasteiger partial charge in [-0.15, -0.1) is 0 Å². The summed E-state index contributed by atoms with van der Waals surface area (Å²) in [5.41, 5.74) is 7.45. The Balaban J connectivity index is 1.54. The van der Waals surface area contributed by atoms with Crippen molar-refractivity contribution in [1.82, 2.24) is 5.32 Å². The van der Waals surface area contributed by atoms with E-state index < -0.39 is 12.1 Å². The van der Waals surface area contributed by atoms with E-state index in [4.69, 9.17) is 19.9 Å². The van der Waals surface area contributed by atoms with Gasteiger partial charge in [0.1, 0.15) is 0 Å². The summed E-state index contributed by atoms with van der Waals surface area (Å²) in [5, 5.41) is 14.0. The molecule has 3 rings (SSSR count). The molecule has 2 saturated carbocycles. The van der Waals surface area contributed by atoms with Crippen molar-refractivity contribution >= 4 is 5.91 Å². The largest absolute Gasteiger partial charge is 0.493 e. The molecular formula is C31H52N2O5. The van der Waals surface area contributed by atoms with Crippen LogP contribution in [0, 0.1) is 23.2 Å². The Morgan fingerprint density at radius 2 is 1.84 bits per heavy atom. The summed E-state index contributed by atoms with van der Waals surface area (Å²) in [5.74, 6) is 2.76. The van der Waals surface area contributed by atoms with Crippen molar-refractivity contribution in [3.05, 3.63) is 23.8 Å². The molecule has 0 aliphatic heterocycles. The summed E-state index contributed by atoms with van der Waals surface area (Å²) < 4.78 is 16.6. The molecule has 0 bridgehead atoms. The number of amides is 1. The van der Waals surface area contributed by atoms with Crippen molar-refractivity contribution < 1.29 is 24.1 Å². The van der Waals surface area contributed by atoms with E-state index in [0.29, 0.717) is 37.2 Å². The van der Waals surface area contributed by atoms with Gasteiger partial charge in [0.05, 0.1) is 25.2 Å². The minimum atomic E-state index is -0.765.